The van der Waals surface area contributed by atoms with Gasteiger partial charge in [-0.15, -0.1) is 0 Å². The van der Waals surface area contributed by atoms with Gasteiger partial charge >= 0.3 is 5.69 Å². The lowest BCUT2D eigenvalue weighted by Gasteiger charge is -2.31. The molecular formula is C27H30F2N4O6. The van der Waals surface area contributed by atoms with E-state index in [-0.39, 0.29) is 29.6 Å². The second-order valence-electron chi connectivity index (χ2n) is 9.24. The number of fused-ring (bicyclic) bond motifs is 1. The predicted octanol–water partition coefficient (Wildman–Crippen LogP) is 2.02. The lowest BCUT2D eigenvalue weighted by molar-refractivity contribution is -0.119. The smallest absolute Gasteiger partial charge is 0.332 e. The zero-order chi connectivity index (χ0) is 27.9. The van der Waals surface area contributed by atoms with Gasteiger partial charge in [-0.1, -0.05) is 12.1 Å². The number of benzene rings is 2. The van der Waals surface area contributed by atoms with Crippen LogP contribution in [-0.2, 0) is 16.1 Å². The van der Waals surface area contributed by atoms with Crippen LogP contribution in [0.1, 0.15) is 34.8 Å². The Hall–Kier alpha value is -4.06. The number of piperidine rings is 1. The van der Waals surface area contributed by atoms with Gasteiger partial charge < -0.3 is 19.7 Å². The van der Waals surface area contributed by atoms with Gasteiger partial charge in [0.25, 0.3) is 17.9 Å². The molecule has 1 aliphatic rings. The van der Waals surface area contributed by atoms with Crippen molar-refractivity contribution in [2.45, 2.75) is 31.9 Å². The lowest BCUT2D eigenvalue weighted by Crippen LogP contribution is -2.44. The van der Waals surface area contributed by atoms with Crippen LogP contribution in [0.15, 0.2) is 52.1 Å². The van der Waals surface area contributed by atoms with Crippen LogP contribution in [-0.4, -0.2) is 72.7 Å². The molecule has 1 fully saturated rings. The zero-order valence-electron chi connectivity index (χ0n) is 21.5. The largest absolute Gasteiger partial charge is 0.488 e. The number of nitrogens with zero attached hydrogens (tertiary/aromatic N) is 3. The summed E-state index contributed by atoms with van der Waals surface area (Å²) in [4.78, 5) is 52.3. The van der Waals surface area contributed by atoms with Gasteiger partial charge in [0.1, 0.15) is 12.4 Å². The molecule has 0 aliphatic carbocycles. The third-order valence-corrected chi connectivity index (χ3v) is 6.68. The number of aromatic nitrogens is 2. The third kappa shape index (κ3) is 6.51. The number of halogens is 2. The van der Waals surface area contributed by atoms with Gasteiger partial charge in [0.05, 0.1) is 24.1 Å². The Morgan fingerprint density at radius 1 is 1.13 bits per heavy atom. The maximum absolute atomic E-state index is 13.7. The van der Waals surface area contributed by atoms with Crippen LogP contribution in [0.3, 0.4) is 0 Å². The summed E-state index contributed by atoms with van der Waals surface area (Å²) in [5.74, 6) is -0.182. The van der Waals surface area contributed by atoms with Crippen LogP contribution in [0.25, 0.3) is 10.9 Å². The zero-order valence-corrected chi connectivity index (χ0v) is 21.5. The first-order valence-corrected chi connectivity index (χ1v) is 12.6. The first kappa shape index (κ1) is 28.0. The number of likely N-dealkylation sites (tertiary alicyclic amines) is 1. The maximum Gasteiger partial charge on any atom is 0.332 e. The molecule has 208 valence electrons. The summed E-state index contributed by atoms with van der Waals surface area (Å²) in [6.45, 7) is 0.779. The summed E-state index contributed by atoms with van der Waals surface area (Å²) in [6, 6.07) is 10.6. The van der Waals surface area contributed by atoms with Gasteiger partial charge in [-0.05, 0) is 48.7 Å². The van der Waals surface area contributed by atoms with Gasteiger partial charge in [0, 0.05) is 38.3 Å². The number of carbonyl (C=O) groups is 2. The molecule has 0 atom stereocenters. The minimum atomic E-state index is -2.68. The average Bonchev–Trinajstić information content (AvgIpc) is 2.95. The molecule has 1 N–H and O–H groups in total. The highest BCUT2D eigenvalue weighted by Gasteiger charge is 2.25. The first-order valence-electron chi connectivity index (χ1n) is 12.6. The number of hydrogen-bond donors (Lipinski definition) is 1. The van der Waals surface area contributed by atoms with E-state index in [9.17, 15) is 28.0 Å². The van der Waals surface area contributed by atoms with Crippen molar-refractivity contribution in [1.82, 2.24) is 19.4 Å². The normalized spacial score (nSPS) is 14.1. The SMILES string of the molecule is COCCNC(=O)c1ccc(Cn2c(=O)c3cc(OCC(F)F)ccc3n(C3CCN(C=O)CC3)c2=O)cc1. The minimum absolute atomic E-state index is 0.0610. The van der Waals surface area contributed by atoms with Gasteiger partial charge in [-0.2, -0.15) is 0 Å². The predicted molar refractivity (Wildman–Crippen MR) is 140 cm³/mol. The Kier molecular flexibility index (Phi) is 9.07. The standard InChI is InChI=1S/C27H30F2N4O6/c1-38-13-10-30-25(35)19-4-2-18(3-5-19)15-32-26(36)22-14-21(39-16-24(28)29)6-7-23(22)33(27(32)37)20-8-11-31(17-34)12-9-20/h2-7,14,17,20,24H,8-13,15-16H2,1H3,(H,30,35). The highest BCUT2D eigenvalue weighted by atomic mass is 19.3. The molecule has 0 saturated carbocycles. The number of methoxy groups -OCH3 is 1. The summed E-state index contributed by atoms with van der Waals surface area (Å²) in [5, 5.41) is 2.88. The lowest BCUT2D eigenvalue weighted by atomic mass is 10.0. The number of ether oxygens (including phenoxy) is 2. The molecule has 0 bridgehead atoms. The monoisotopic (exact) mass is 544 g/mol. The minimum Gasteiger partial charge on any atom is -0.488 e. The van der Waals surface area contributed by atoms with Crippen LogP contribution in [0.2, 0.25) is 0 Å². The molecule has 0 radical (unpaired) electrons. The number of rotatable bonds is 11. The Morgan fingerprint density at radius 2 is 1.85 bits per heavy atom. The number of amides is 2. The molecule has 2 heterocycles. The van der Waals surface area contributed by atoms with Crippen LogP contribution >= 0.6 is 0 Å². The highest BCUT2D eigenvalue weighted by Crippen LogP contribution is 2.26. The first-order chi connectivity index (χ1) is 18.8. The van der Waals surface area contributed by atoms with Crippen molar-refractivity contribution in [2.24, 2.45) is 0 Å². The maximum atomic E-state index is 13.7. The highest BCUT2D eigenvalue weighted by molar-refractivity contribution is 5.94. The third-order valence-electron chi connectivity index (χ3n) is 6.68. The Labute approximate surface area is 222 Å². The quantitative estimate of drug-likeness (QED) is 0.292. The van der Waals surface area contributed by atoms with Crippen molar-refractivity contribution in [3.05, 3.63) is 74.4 Å². The molecule has 3 aromatic rings. The van der Waals surface area contributed by atoms with Crippen molar-refractivity contribution in [3.63, 3.8) is 0 Å². The number of alkyl halides is 2. The Morgan fingerprint density at radius 3 is 2.49 bits per heavy atom. The van der Waals surface area contributed by atoms with Crippen LogP contribution in [0.4, 0.5) is 8.78 Å². The molecular weight excluding hydrogens is 514 g/mol. The van der Waals surface area contributed by atoms with Gasteiger partial charge in [0.2, 0.25) is 6.41 Å². The van der Waals surface area contributed by atoms with E-state index in [2.05, 4.69) is 5.32 Å². The summed E-state index contributed by atoms with van der Waals surface area (Å²) in [6.07, 6.45) is -0.878. The summed E-state index contributed by atoms with van der Waals surface area (Å²) >= 11 is 0. The summed E-state index contributed by atoms with van der Waals surface area (Å²) in [7, 11) is 1.54. The van der Waals surface area contributed by atoms with E-state index in [4.69, 9.17) is 9.47 Å². The molecule has 2 amide bonds. The second kappa shape index (κ2) is 12.7. The Balaban J connectivity index is 1.71. The number of carbonyl (C=O) groups excluding carboxylic acids is 2. The molecule has 0 spiro atoms. The van der Waals surface area contributed by atoms with Crippen molar-refractivity contribution in [1.29, 1.82) is 0 Å². The van der Waals surface area contributed by atoms with Crippen LogP contribution in [0, 0.1) is 0 Å². The fourth-order valence-electron chi connectivity index (χ4n) is 4.67. The molecule has 0 unspecified atom stereocenters. The molecule has 2 aromatic carbocycles. The molecule has 10 nitrogen and oxygen atoms in total. The fraction of sp³-hybridized carbons (Fsp3) is 0.407. The van der Waals surface area contributed by atoms with E-state index < -0.39 is 24.3 Å². The van der Waals surface area contributed by atoms with Crippen molar-refractivity contribution in [2.75, 3.05) is 40.0 Å². The molecule has 1 saturated heterocycles. The van der Waals surface area contributed by atoms with Gasteiger partial charge in [-0.3, -0.25) is 23.5 Å². The summed E-state index contributed by atoms with van der Waals surface area (Å²) < 4.78 is 38.1. The molecule has 39 heavy (non-hydrogen) atoms. The van der Waals surface area contributed by atoms with Crippen LogP contribution in [0.5, 0.6) is 5.75 Å². The molecule has 1 aromatic heterocycles. The molecule has 1 aliphatic heterocycles. The van der Waals surface area contributed by atoms with E-state index in [1.807, 2.05) is 0 Å². The van der Waals surface area contributed by atoms with Gasteiger partial charge in [0.15, 0.2) is 0 Å². The van der Waals surface area contributed by atoms with E-state index in [1.54, 1.807) is 33.7 Å². The van der Waals surface area contributed by atoms with Crippen molar-refractivity contribution in [3.8, 4) is 5.75 Å². The average molecular weight is 545 g/mol. The summed E-state index contributed by atoms with van der Waals surface area (Å²) in [5.41, 5.74) is 0.314. The van der Waals surface area contributed by atoms with E-state index >= 15 is 0 Å². The van der Waals surface area contributed by atoms with Gasteiger partial charge in [-0.25, -0.2) is 13.6 Å². The fourth-order valence-corrected chi connectivity index (χ4v) is 4.67. The Bertz CT molecular complexity index is 1430. The van der Waals surface area contributed by atoms with E-state index in [1.165, 1.54) is 25.3 Å². The molecule has 4 rings (SSSR count). The second-order valence-corrected chi connectivity index (χ2v) is 9.24. The topological polar surface area (TPSA) is 112 Å². The van der Waals surface area contributed by atoms with E-state index in [0.29, 0.717) is 55.7 Å². The van der Waals surface area contributed by atoms with E-state index in [0.717, 1.165) is 11.0 Å². The van der Waals surface area contributed by atoms with Crippen LogP contribution < -0.4 is 21.3 Å². The van der Waals surface area contributed by atoms with Crippen molar-refractivity contribution < 1.29 is 27.8 Å². The number of hydrogen-bond acceptors (Lipinski definition) is 6. The molecule has 12 heteroatoms. The van der Waals surface area contributed by atoms with Crippen molar-refractivity contribution >= 4 is 23.2 Å². The number of nitrogens with one attached hydrogen (secondary N) is 1.